The first-order valence-corrected chi connectivity index (χ1v) is 7.48. The lowest BCUT2D eigenvalue weighted by Crippen LogP contribution is -2.28. The third kappa shape index (κ3) is 4.31. The molecule has 108 valence electrons. The van der Waals surface area contributed by atoms with E-state index in [-0.39, 0.29) is 11.9 Å². The van der Waals surface area contributed by atoms with E-state index in [0.29, 0.717) is 29.8 Å². The molecule has 1 aromatic carbocycles. The number of thioether (sulfide) groups is 1. The summed E-state index contributed by atoms with van der Waals surface area (Å²) >= 11 is 1.47. The van der Waals surface area contributed by atoms with Crippen LogP contribution in [0.4, 0.5) is 4.39 Å². The van der Waals surface area contributed by atoms with Crippen molar-refractivity contribution in [2.45, 2.75) is 37.0 Å². The Kier molecular flexibility index (Phi) is 5.14. The zero-order valence-electron chi connectivity index (χ0n) is 11.5. The number of benzene rings is 1. The van der Waals surface area contributed by atoms with Gasteiger partial charge in [0.15, 0.2) is 5.82 Å². The minimum Gasteiger partial charge on any atom is -0.339 e. The van der Waals surface area contributed by atoms with Crippen LogP contribution in [0.5, 0.6) is 0 Å². The third-order valence-electron chi connectivity index (χ3n) is 2.94. The summed E-state index contributed by atoms with van der Waals surface area (Å²) < 4.78 is 18.2. The maximum atomic E-state index is 13.0. The number of hydrogen-bond acceptors (Lipinski definition) is 5. The Hall–Kier alpha value is -1.40. The molecule has 0 saturated carbocycles. The van der Waals surface area contributed by atoms with Crippen molar-refractivity contribution in [1.29, 1.82) is 0 Å². The number of hydrogen-bond donors (Lipinski definition) is 1. The Morgan fingerprint density at radius 2 is 2.20 bits per heavy atom. The molecule has 2 N–H and O–H groups in total. The second-order valence-corrected chi connectivity index (χ2v) is 6.01. The van der Waals surface area contributed by atoms with Crippen LogP contribution in [-0.4, -0.2) is 16.2 Å². The Morgan fingerprint density at radius 3 is 2.90 bits per heavy atom. The Balaban J connectivity index is 1.90. The summed E-state index contributed by atoms with van der Waals surface area (Å²) in [6.07, 6.45) is 0.579. The van der Waals surface area contributed by atoms with E-state index in [1.54, 1.807) is 6.07 Å². The van der Waals surface area contributed by atoms with Crippen molar-refractivity contribution < 1.29 is 8.91 Å². The van der Waals surface area contributed by atoms with Crippen LogP contribution in [0.15, 0.2) is 33.7 Å². The van der Waals surface area contributed by atoms with E-state index in [4.69, 9.17) is 10.3 Å². The lowest BCUT2D eigenvalue weighted by molar-refractivity contribution is 0.350. The van der Waals surface area contributed by atoms with E-state index in [1.807, 2.05) is 6.07 Å². The fraction of sp³-hybridized carbons (Fsp3) is 0.429. The Morgan fingerprint density at radius 1 is 1.40 bits per heavy atom. The minimum absolute atomic E-state index is 0.0131. The Bertz CT molecular complexity index is 559. The van der Waals surface area contributed by atoms with Crippen molar-refractivity contribution in [1.82, 2.24) is 10.1 Å². The molecule has 0 fully saturated rings. The first kappa shape index (κ1) is 15.0. The van der Waals surface area contributed by atoms with Gasteiger partial charge < -0.3 is 10.3 Å². The normalized spacial score (nSPS) is 12.8. The molecule has 0 aliphatic carbocycles. The standard InChI is InChI=1S/C14H18FN3OS/c1-9(2)12(16)7-14-17-13(18-19-14)8-20-11-5-3-4-10(15)6-11/h3-6,9,12H,7-8,16H2,1-2H3. The molecular weight excluding hydrogens is 277 g/mol. The average molecular weight is 295 g/mol. The molecule has 0 aliphatic rings. The molecule has 2 aromatic rings. The number of aromatic nitrogens is 2. The maximum Gasteiger partial charge on any atom is 0.228 e. The SMILES string of the molecule is CC(C)C(N)Cc1nc(CSc2cccc(F)c2)no1. The van der Waals surface area contributed by atoms with Gasteiger partial charge in [0.1, 0.15) is 5.82 Å². The topological polar surface area (TPSA) is 64.9 Å². The van der Waals surface area contributed by atoms with Crippen molar-refractivity contribution in [3.63, 3.8) is 0 Å². The van der Waals surface area contributed by atoms with Gasteiger partial charge in [-0.15, -0.1) is 11.8 Å². The van der Waals surface area contributed by atoms with Gasteiger partial charge in [0.05, 0.1) is 5.75 Å². The predicted octanol–water partition coefficient (Wildman–Crippen LogP) is 3.03. The summed E-state index contributed by atoms with van der Waals surface area (Å²) in [7, 11) is 0. The van der Waals surface area contributed by atoms with Crippen molar-refractivity contribution in [3.8, 4) is 0 Å². The van der Waals surface area contributed by atoms with Crippen LogP contribution in [0, 0.1) is 11.7 Å². The summed E-state index contributed by atoms with van der Waals surface area (Å²) in [5, 5.41) is 3.91. The van der Waals surface area contributed by atoms with Gasteiger partial charge in [-0.1, -0.05) is 25.1 Å². The van der Waals surface area contributed by atoms with Gasteiger partial charge in [0.2, 0.25) is 5.89 Å². The van der Waals surface area contributed by atoms with Gasteiger partial charge in [0, 0.05) is 17.4 Å². The summed E-state index contributed by atoms with van der Waals surface area (Å²) in [5.41, 5.74) is 5.96. The van der Waals surface area contributed by atoms with Crippen LogP contribution in [0.25, 0.3) is 0 Å². The number of rotatable bonds is 6. The van der Waals surface area contributed by atoms with Gasteiger partial charge in [-0.3, -0.25) is 0 Å². The summed E-state index contributed by atoms with van der Waals surface area (Å²) in [5.74, 6) is 1.83. The van der Waals surface area contributed by atoms with Crippen molar-refractivity contribution in [2.75, 3.05) is 0 Å². The van der Waals surface area contributed by atoms with Crippen LogP contribution in [0.1, 0.15) is 25.6 Å². The molecule has 1 atom stereocenters. The van der Waals surface area contributed by atoms with Gasteiger partial charge >= 0.3 is 0 Å². The van der Waals surface area contributed by atoms with E-state index in [2.05, 4.69) is 24.0 Å². The quantitative estimate of drug-likeness (QED) is 0.830. The van der Waals surface area contributed by atoms with E-state index in [1.165, 1.54) is 23.9 Å². The molecule has 4 nitrogen and oxygen atoms in total. The fourth-order valence-electron chi connectivity index (χ4n) is 1.57. The molecule has 1 heterocycles. The lowest BCUT2D eigenvalue weighted by atomic mass is 10.0. The molecule has 0 radical (unpaired) electrons. The molecule has 0 spiro atoms. The van der Waals surface area contributed by atoms with Gasteiger partial charge in [-0.05, 0) is 24.1 Å². The second-order valence-electron chi connectivity index (χ2n) is 4.96. The highest BCUT2D eigenvalue weighted by atomic mass is 32.2. The Labute approximate surface area is 121 Å². The van der Waals surface area contributed by atoms with E-state index in [0.717, 1.165) is 4.90 Å². The van der Waals surface area contributed by atoms with Crippen LogP contribution in [0.3, 0.4) is 0 Å². The maximum absolute atomic E-state index is 13.0. The van der Waals surface area contributed by atoms with Crippen LogP contribution in [0.2, 0.25) is 0 Å². The highest BCUT2D eigenvalue weighted by molar-refractivity contribution is 7.98. The summed E-state index contributed by atoms with van der Waals surface area (Å²) in [6.45, 7) is 4.11. The number of halogens is 1. The molecule has 1 unspecified atom stereocenters. The van der Waals surface area contributed by atoms with Gasteiger partial charge in [-0.25, -0.2) is 4.39 Å². The first-order valence-electron chi connectivity index (χ1n) is 6.50. The third-order valence-corrected chi connectivity index (χ3v) is 3.93. The molecular formula is C14H18FN3OS. The smallest absolute Gasteiger partial charge is 0.228 e. The summed E-state index contributed by atoms with van der Waals surface area (Å²) in [4.78, 5) is 5.14. The molecule has 0 amide bonds. The number of nitrogens with zero attached hydrogens (tertiary/aromatic N) is 2. The van der Waals surface area contributed by atoms with Crippen molar-refractivity contribution >= 4 is 11.8 Å². The zero-order chi connectivity index (χ0) is 14.5. The molecule has 0 aliphatic heterocycles. The van der Waals surface area contributed by atoms with Gasteiger partial charge in [-0.2, -0.15) is 4.98 Å². The fourth-order valence-corrected chi connectivity index (χ4v) is 2.36. The van der Waals surface area contributed by atoms with Crippen molar-refractivity contribution in [3.05, 3.63) is 41.8 Å². The van der Waals surface area contributed by atoms with E-state index >= 15 is 0 Å². The zero-order valence-corrected chi connectivity index (χ0v) is 12.4. The van der Waals surface area contributed by atoms with E-state index in [9.17, 15) is 4.39 Å². The first-order chi connectivity index (χ1) is 9.54. The van der Waals surface area contributed by atoms with E-state index < -0.39 is 0 Å². The summed E-state index contributed by atoms with van der Waals surface area (Å²) in [6, 6.07) is 6.45. The van der Waals surface area contributed by atoms with Gasteiger partial charge in [0.25, 0.3) is 0 Å². The second kappa shape index (κ2) is 6.85. The largest absolute Gasteiger partial charge is 0.339 e. The predicted molar refractivity (Wildman–Crippen MR) is 76.8 cm³/mol. The highest BCUT2D eigenvalue weighted by Crippen LogP contribution is 2.22. The van der Waals surface area contributed by atoms with Crippen molar-refractivity contribution in [2.24, 2.45) is 11.7 Å². The molecule has 0 bridgehead atoms. The molecule has 20 heavy (non-hydrogen) atoms. The molecule has 2 rings (SSSR count). The van der Waals surface area contributed by atoms with Crippen LogP contribution >= 0.6 is 11.8 Å². The average Bonchev–Trinajstić information content (AvgIpc) is 2.84. The van der Waals surface area contributed by atoms with Crippen LogP contribution in [-0.2, 0) is 12.2 Å². The highest BCUT2D eigenvalue weighted by Gasteiger charge is 2.14. The minimum atomic E-state index is -0.244. The lowest BCUT2D eigenvalue weighted by Gasteiger charge is -2.11. The number of nitrogens with two attached hydrogens (primary N) is 1. The monoisotopic (exact) mass is 295 g/mol. The molecule has 6 heteroatoms. The molecule has 0 saturated heterocycles. The van der Waals surface area contributed by atoms with Crippen LogP contribution < -0.4 is 5.73 Å². The molecule has 1 aromatic heterocycles.